The number of rotatable bonds is 5. The standard InChI is InChI=1S/C11H15FN2O3/c1-7(6-17-3)14(2)10-9(12)8(11(15)16)4-5-13-10/h4-5,7H,6H2,1-3H3,(H,15,16). The Balaban J connectivity index is 3.06. The molecule has 1 N–H and O–H groups in total. The fourth-order valence-electron chi connectivity index (χ4n) is 1.41. The van der Waals surface area contributed by atoms with Crippen LogP contribution in [0.2, 0.25) is 0 Å². The molecular weight excluding hydrogens is 227 g/mol. The van der Waals surface area contributed by atoms with Crippen LogP contribution in [0.5, 0.6) is 0 Å². The van der Waals surface area contributed by atoms with Crippen molar-refractivity contribution in [3.8, 4) is 0 Å². The van der Waals surface area contributed by atoms with Crippen molar-refractivity contribution in [1.29, 1.82) is 0 Å². The molecule has 0 aliphatic heterocycles. The number of aromatic nitrogens is 1. The summed E-state index contributed by atoms with van der Waals surface area (Å²) in [5.74, 6) is -2.13. The molecule has 1 aromatic rings. The maximum Gasteiger partial charge on any atom is 0.338 e. The van der Waals surface area contributed by atoms with Crippen LogP contribution in [-0.4, -0.2) is 42.9 Å². The molecule has 0 amide bonds. The molecule has 1 rings (SSSR count). The van der Waals surface area contributed by atoms with Crippen LogP contribution in [0.1, 0.15) is 17.3 Å². The third-order valence-electron chi connectivity index (χ3n) is 2.50. The largest absolute Gasteiger partial charge is 0.478 e. The van der Waals surface area contributed by atoms with Crippen molar-refractivity contribution in [2.24, 2.45) is 0 Å². The normalized spacial score (nSPS) is 12.2. The Hall–Kier alpha value is -1.69. The minimum atomic E-state index is -1.31. The number of hydrogen-bond acceptors (Lipinski definition) is 4. The first-order valence-electron chi connectivity index (χ1n) is 5.08. The number of carboxylic acids is 1. The van der Waals surface area contributed by atoms with Crippen LogP contribution in [0.4, 0.5) is 10.2 Å². The topological polar surface area (TPSA) is 62.7 Å². The molecule has 0 bridgehead atoms. The summed E-state index contributed by atoms with van der Waals surface area (Å²) in [4.78, 5) is 16.2. The van der Waals surface area contributed by atoms with E-state index < -0.39 is 11.8 Å². The molecule has 1 unspecified atom stereocenters. The van der Waals surface area contributed by atoms with Crippen molar-refractivity contribution >= 4 is 11.8 Å². The van der Waals surface area contributed by atoms with Crippen LogP contribution in [0, 0.1) is 5.82 Å². The minimum Gasteiger partial charge on any atom is -0.478 e. The number of pyridine rings is 1. The molecular formula is C11H15FN2O3. The molecule has 1 atom stereocenters. The predicted octanol–water partition coefficient (Wildman–Crippen LogP) is 1.39. The quantitative estimate of drug-likeness (QED) is 0.845. The van der Waals surface area contributed by atoms with Crippen LogP contribution in [0.15, 0.2) is 12.3 Å². The maximum absolute atomic E-state index is 13.8. The number of halogens is 1. The number of methoxy groups -OCH3 is 1. The van der Waals surface area contributed by atoms with Gasteiger partial charge in [-0.1, -0.05) is 0 Å². The lowest BCUT2D eigenvalue weighted by molar-refractivity contribution is 0.0691. The third-order valence-corrected chi connectivity index (χ3v) is 2.50. The molecule has 6 heteroatoms. The molecule has 0 saturated heterocycles. The highest BCUT2D eigenvalue weighted by Gasteiger charge is 2.20. The predicted molar refractivity (Wildman–Crippen MR) is 60.9 cm³/mol. The molecule has 0 spiro atoms. The van der Waals surface area contributed by atoms with E-state index in [-0.39, 0.29) is 17.4 Å². The van der Waals surface area contributed by atoms with Crippen molar-refractivity contribution in [3.05, 3.63) is 23.6 Å². The van der Waals surface area contributed by atoms with Crippen LogP contribution >= 0.6 is 0 Å². The van der Waals surface area contributed by atoms with E-state index in [1.165, 1.54) is 6.20 Å². The molecule has 0 saturated carbocycles. The monoisotopic (exact) mass is 242 g/mol. The average molecular weight is 242 g/mol. The second-order valence-corrected chi connectivity index (χ2v) is 3.72. The lowest BCUT2D eigenvalue weighted by Gasteiger charge is -2.25. The number of carboxylic acid groups (broad SMARTS) is 1. The molecule has 0 aromatic carbocycles. The number of ether oxygens (including phenoxy) is 1. The zero-order valence-corrected chi connectivity index (χ0v) is 9.98. The molecule has 5 nitrogen and oxygen atoms in total. The number of hydrogen-bond donors (Lipinski definition) is 1. The highest BCUT2D eigenvalue weighted by atomic mass is 19.1. The third kappa shape index (κ3) is 2.91. The Bertz CT molecular complexity index is 412. The number of likely N-dealkylation sites (N-methyl/N-ethyl adjacent to an activating group) is 1. The smallest absolute Gasteiger partial charge is 0.338 e. The Morgan fingerprint density at radius 1 is 1.71 bits per heavy atom. The van der Waals surface area contributed by atoms with Gasteiger partial charge < -0.3 is 14.7 Å². The van der Waals surface area contributed by atoms with E-state index in [0.717, 1.165) is 6.07 Å². The maximum atomic E-state index is 13.8. The summed E-state index contributed by atoms with van der Waals surface area (Å²) < 4.78 is 18.8. The minimum absolute atomic E-state index is 0.00875. The molecule has 94 valence electrons. The van der Waals surface area contributed by atoms with Crippen molar-refractivity contribution in [2.45, 2.75) is 13.0 Å². The first kappa shape index (κ1) is 13.4. The van der Waals surface area contributed by atoms with Gasteiger partial charge in [0.05, 0.1) is 12.6 Å². The van der Waals surface area contributed by atoms with Gasteiger partial charge in [0.25, 0.3) is 0 Å². The van der Waals surface area contributed by atoms with Gasteiger partial charge in [0.2, 0.25) is 0 Å². The van der Waals surface area contributed by atoms with Gasteiger partial charge in [-0.05, 0) is 13.0 Å². The van der Waals surface area contributed by atoms with E-state index >= 15 is 0 Å². The van der Waals surface area contributed by atoms with Crippen molar-refractivity contribution < 1.29 is 19.0 Å². The molecule has 1 aromatic heterocycles. The highest BCUT2D eigenvalue weighted by Crippen LogP contribution is 2.20. The van der Waals surface area contributed by atoms with Crippen LogP contribution < -0.4 is 4.90 Å². The number of anilines is 1. The summed E-state index contributed by atoms with van der Waals surface area (Å²) in [6.07, 6.45) is 1.28. The summed E-state index contributed by atoms with van der Waals surface area (Å²) >= 11 is 0. The van der Waals surface area contributed by atoms with Gasteiger partial charge >= 0.3 is 5.97 Å². The summed E-state index contributed by atoms with van der Waals surface area (Å²) in [7, 11) is 3.18. The fraction of sp³-hybridized carbons (Fsp3) is 0.455. The lowest BCUT2D eigenvalue weighted by Crippen LogP contribution is -2.34. The van der Waals surface area contributed by atoms with Gasteiger partial charge in [-0.25, -0.2) is 14.2 Å². The fourth-order valence-corrected chi connectivity index (χ4v) is 1.41. The van der Waals surface area contributed by atoms with E-state index in [1.54, 1.807) is 19.1 Å². The molecule has 0 radical (unpaired) electrons. The Kier molecular flexibility index (Phi) is 4.39. The van der Waals surface area contributed by atoms with Crippen molar-refractivity contribution in [2.75, 3.05) is 25.7 Å². The summed E-state index contributed by atoms with van der Waals surface area (Å²) in [6.45, 7) is 2.23. The van der Waals surface area contributed by atoms with Crippen molar-refractivity contribution in [3.63, 3.8) is 0 Å². The molecule has 0 aliphatic carbocycles. The van der Waals surface area contributed by atoms with E-state index in [4.69, 9.17) is 9.84 Å². The summed E-state index contributed by atoms with van der Waals surface area (Å²) in [5, 5.41) is 8.80. The second-order valence-electron chi connectivity index (χ2n) is 3.72. The van der Waals surface area contributed by atoms with Crippen LogP contribution in [-0.2, 0) is 4.74 Å². The lowest BCUT2D eigenvalue weighted by atomic mass is 10.2. The van der Waals surface area contributed by atoms with E-state index in [2.05, 4.69) is 4.98 Å². The average Bonchev–Trinajstić information content (AvgIpc) is 2.28. The molecule has 0 fully saturated rings. The van der Waals surface area contributed by atoms with Gasteiger partial charge in [-0.3, -0.25) is 0 Å². The van der Waals surface area contributed by atoms with Gasteiger partial charge in [0.15, 0.2) is 11.6 Å². The van der Waals surface area contributed by atoms with Gasteiger partial charge in [0.1, 0.15) is 5.56 Å². The van der Waals surface area contributed by atoms with Crippen LogP contribution in [0.25, 0.3) is 0 Å². The van der Waals surface area contributed by atoms with E-state index in [1.807, 2.05) is 6.92 Å². The number of carbonyl (C=O) groups is 1. The summed E-state index contributed by atoms with van der Waals surface area (Å²) in [5.41, 5.74) is -0.383. The van der Waals surface area contributed by atoms with Gasteiger partial charge in [-0.15, -0.1) is 0 Å². The molecule has 1 heterocycles. The van der Waals surface area contributed by atoms with E-state index in [0.29, 0.717) is 6.61 Å². The zero-order chi connectivity index (χ0) is 13.0. The highest BCUT2D eigenvalue weighted by molar-refractivity contribution is 5.88. The van der Waals surface area contributed by atoms with Crippen molar-refractivity contribution in [1.82, 2.24) is 4.98 Å². The molecule has 17 heavy (non-hydrogen) atoms. The Labute approximate surface area is 98.8 Å². The first-order chi connectivity index (χ1) is 7.99. The first-order valence-corrected chi connectivity index (χ1v) is 5.08. The Morgan fingerprint density at radius 2 is 2.35 bits per heavy atom. The van der Waals surface area contributed by atoms with Gasteiger partial charge in [0, 0.05) is 20.4 Å². The second kappa shape index (κ2) is 5.58. The van der Waals surface area contributed by atoms with Crippen LogP contribution in [0.3, 0.4) is 0 Å². The summed E-state index contributed by atoms with van der Waals surface area (Å²) in [6, 6.07) is 1.03. The zero-order valence-electron chi connectivity index (χ0n) is 9.98. The van der Waals surface area contributed by atoms with Gasteiger partial charge in [-0.2, -0.15) is 0 Å². The Morgan fingerprint density at radius 3 is 2.88 bits per heavy atom. The van der Waals surface area contributed by atoms with E-state index in [9.17, 15) is 9.18 Å². The molecule has 0 aliphatic rings. The number of aromatic carboxylic acids is 1. The SMILES string of the molecule is COCC(C)N(C)c1nccc(C(=O)O)c1F. The number of nitrogens with zero attached hydrogens (tertiary/aromatic N) is 2.